The van der Waals surface area contributed by atoms with E-state index < -0.39 is 43.0 Å². The number of ether oxygens (including phenoxy) is 1. The van der Waals surface area contributed by atoms with Gasteiger partial charge in [0, 0.05) is 0 Å². The van der Waals surface area contributed by atoms with E-state index in [4.69, 9.17) is 4.74 Å². The number of carbonyl (C=O) groups is 1. The van der Waals surface area contributed by atoms with Crippen molar-refractivity contribution in [3.05, 3.63) is 56.8 Å². The number of nitrogens with one attached hydrogen (secondary N) is 2. The molecule has 2 aromatic carbocycles. The fourth-order valence-corrected chi connectivity index (χ4v) is 8.35. The average Bonchev–Trinajstić information content (AvgIpc) is 3.18. The van der Waals surface area contributed by atoms with Crippen molar-refractivity contribution in [2.45, 2.75) is 66.4 Å². The summed E-state index contributed by atoms with van der Waals surface area (Å²) in [5, 5.41) is 12.9. The minimum absolute atomic E-state index is 0.0898. The van der Waals surface area contributed by atoms with Gasteiger partial charge >= 0.3 is 257 Å². The van der Waals surface area contributed by atoms with Gasteiger partial charge in [0.15, 0.2) is 0 Å². The van der Waals surface area contributed by atoms with Gasteiger partial charge in [0.25, 0.3) is 0 Å². The number of thioether (sulfide) groups is 1. The minimum atomic E-state index is -4.28. The molecule has 0 heterocycles. The Labute approximate surface area is 256 Å². The molecule has 0 bridgehead atoms. The molecule has 0 radical (unpaired) electrons. The number of rotatable bonds is 14. The van der Waals surface area contributed by atoms with E-state index in [0.29, 0.717) is 27.9 Å². The third-order valence-electron chi connectivity index (χ3n) is 6.91. The normalized spacial score (nSPS) is 16.2. The van der Waals surface area contributed by atoms with Gasteiger partial charge in [0.2, 0.25) is 0 Å². The third-order valence-corrected chi connectivity index (χ3v) is 11.2. The van der Waals surface area contributed by atoms with Crippen molar-refractivity contribution >= 4 is 33.4 Å². The van der Waals surface area contributed by atoms with Gasteiger partial charge in [-0.3, -0.25) is 0 Å². The Morgan fingerprint density at radius 3 is 2.41 bits per heavy atom. The molecule has 228 valence electrons. The Kier molecular flexibility index (Phi) is 12.6. The fourth-order valence-electron chi connectivity index (χ4n) is 4.58. The van der Waals surface area contributed by atoms with E-state index in [-0.39, 0.29) is 19.9 Å². The summed E-state index contributed by atoms with van der Waals surface area (Å²) in [7, 11) is 1.06. The molecule has 1 atom stereocenters. The Morgan fingerprint density at radius 1 is 1.17 bits per heavy atom. The van der Waals surface area contributed by atoms with Crippen LogP contribution < -0.4 is 31.5 Å². The number of nitrogens with zero attached hydrogens (tertiary/aromatic N) is 2. The number of sulfonamides is 1. The van der Waals surface area contributed by atoms with Gasteiger partial charge in [0.05, 0.1) is 0 Å². The maximum atomic E-state index is 13.3. The van der Waals surface area contributed by atoms with Crippen molar-refractivity contribution in [2.75, 3.05) is 38.8 Å². The molecule has 14 heteroatoms. The van der Waals surface area contributed by atoms with Crippen LogP contribution in [-0.4, -0.2) is 72.7 Å². The van der Waals surface area contributed by atoms with E-state index in [9.17, 15) is 27.7 Å². The zero-order valence-electron chi connectivity index (χ0n) is 23.4. The molecule has 0 spiro atoms. The van der Waals surface area contributed by atoms with E-state index >= 15 is 0 Å². The topological polar surface area (TPSA) is 128 Å². The van der Waals surface area contributed by atoms with Gasteiger partial charge in [-0.05, 0) is 0 Å². The predicted octanol–water partition coefficient (Wildman–Crippen LogP) is 1.24. The molecule has 0 aliphatic heterocycles. The SMILES string of the molecule is COC1(C(=O)NS(=O)(=O)c2ccc(N[C@H](CCN(C)C)CSc3ccc(F)cc3)c([I-][N+](=O)O)c2)CCCCCC1. The van der Waals surface area contributed by atoms with Gasteiger partial charge in [-0.25, -0.2) is 0 Å². The van der Waals surface area contributed by atoms with Crippen molar-refractivity contribution in [1.82, 2.24) is 9.62 Å². The van der Waals surface area contributed by atoms with E-state index in [1.165, 1.54) is 31.4 Å². The molecule has 0 aromatic heterocycles. The second-order valence-electron chi connectivity index (χ2n) is 10.2. The number of hydrogen-bond donors (Lipinski definition) is 3. The van der Waals surface area contributed by atoms with Crippen molar-refractivity contribution in [1.29, 1.82) is 0 Å². The van der Waals surface area contributed by atoms with E-state index in [1.54, 1.807) is 30.0 Å². The molecule has 0 unspecified atom stereocenters. The van der Waals surface area contributed by atoms with Crippen LogP contribution in [0.5, 0.6) is 0 Å². The van der Waals surface area contributed by atoms with Crippen LogP contribution in [0.3, 0.4) is 0 Å². The Morgan fingerprint density at radius 2 is 1.83 bits per heavy atom. The second-order valence-corrected chi connectivity index (χ2v) is 15.4. The van der Waals surface area contributed by atoms with Crippen LogP contribution in [0.2, 0.25) is 0 Å². The quantitative estimate of drug-likeness (QED) is 0.0868. The molecule has 1 saturated carbocycles. The standard InChI is InChI=1S/C27H38FIN4O6S2/c1-32(2)17-14-21(19-40-22-10-8-20(28)9-11-22)30-25-13-12-23(18-24(25)29-33(35)36)41(37,38)31-26(34)27(39-3)15-6-4-5-7-16-27/h8-13,18,21,30H,4-7,14-17,19H2,1-3H3,(H,31,34)(H,35,36)/t21-/m1/s1. The monoisotopic (exact) mass is 724 g/mol. The van der Waals surface area contributed by atoms with Gasteiger partial charge in [-0.15, -0.1) is 0 Å². The van der Waals surface area contributed by atoms with Gasteiger partial charge in [-0.1, -0.05) is 0 Å². The fraction of sp³-hybridized carbons (Fsp3) is 0.519. The second kappa shape index (κ2) is 15.5. The molecule has 2 aromatic rings. The number of methoxy groups -OCH3 is 1. The number of anilines is 1. The van der Waals surface area contributed by atoms with E-state index in [0.717, 1.165) is 43.5 Å². The molecule has 3 rings (SSSR count). The predicted molar refractivity (Wildman–Crippen MR) is 151 cm³/mol. The molecule has 3 N–H and O–H groups in total. The van der Waals surface area contributed by atoms with Gasteiger partial charge < -0.3 is 0 Å². The molecule has 1 aliphatic rings. The van der Waals surface area contributed by atoms with Gasteiger partial charge in [-0.2, -0.15) is 0 Å². The molecule has 10 nitrogen and oxygen atoms in total. The number of hydrogen-bond acceptors (Lipinski definition) is 8. The molecule has 0 saturated heterocycles. The first-order chi connectivity index (χ1) is 19.4. The third kappa shape index (κ3) is 10.0. The maximum absolute atomic E-state index is 13.3. The first-order valence-electron chi connectivity index (χ1n) is 13.3. The van der Waals surface area contributed by atoms with Crippen LogP contribution in [0.15, 0.2) is 52.3 Å². The van der Waals surface area contributed by atoms with Crippen molar-refractivity contribution in [3.63, 3.8) is 0 Å². The molecule has 1 amide bonds. The average molecular weight is 725 g/mol. The van der Waals surface area contributed by atoms with Gasteiger partial charge in [0.1, 0.15) is 0 Å². The van der Waals surface area contributed by atoms with Crippen LogP contribution >= 0.6 is 11.8 Å². The zero-order chi connectivity index (χ0) is 30.0. The first kappa shape index (κ1) is 33.5. The molecule has 41 heavy (non-hydrogen) atoms. The summed E-state index contributed by atoms with van der Waals surface area (Å²) in [6.07, 6.45) is 5.04. The Bertz CT molecular complexity index is 1290. The summed E-state index contributed by atoms with van der Waals surface area (Å²) in [6.45, 7) is 0.763. The van der Waals surface area contributed by atoms with Crippen LogP contribution in [-0.2, 0) is 19.6 Å². The van der Waals surface area contributed by atoms with E-state index in [1.807, 2.05) is 19.0 Å². The van der Waals surface area contributed by atoms with Crippen molar-refractivity contribution < 1.29 is 52.2 Å². The zero-order valence-corrected chi connectivity index (χ0v) is 27.2. The van der Waals surface area contributed by atoms with Crippen LogP contribution in [0.25, 0.3) is 0 Å². The number of halogens is 2. The summed E-state index contributed by atoms with van der Waals surface area (Å²) in [6, 6.07) is 10.4. The summed E-state index contributed by atoms with van der Waals surface area (Å²) in [4.78, 5) is 27.6. The Balaban J connectivity index is 1.83. The molecular formula is C27H38FIN4O6S2. The molecule has 1 fully saturated rings. The summed E-state index contributed by atoms with van der Waals surface area (Å²) < 4.78 is 47.8. The molecular weight excluding hydrogens is 686 g/mol. The number of amides is 1. The van der Waals surface area contributed by atoms with Crippen LogP contribution in [0.1, 0.15) is 44.9 Å². The van der Waals surface area contributed by atoms with Crippen LogP contribution in [0.4, 0.5) is 10.1 Å². The molecule has 1 aliphatic carbocycles. The van der Waals surface area contributed by atoms with Crippen molar-refractivity contribution in [3.8, 4) is 0 Å². The summed E-state index contributed by atoms with van der Waals surface area (Å²) in [5.74, 6) is -0.393. The Hall–Kier alpha value is -2.01. The first-order valence-corrected chi connectivity index (χ1v) is 17.8. The van der Waals surface area contributed by atoms with Crippen molar-refractivity contribution in [2.24, 2.45) is 0 Å². The summed E-state index contributed by atoms with van der Waals surface area (Å²) in [5.41, 5.74) is -0.682. The number of carbonyl (C=O) groups excluding carboxylic acids is 1. The summed E-state index contributed by atoms with van der Waals surface area (Å²) >= 11 is -0.130. The van der Waals surface area contributed by atoms with E-state index in [2.05, 4.69) is 10.0 Å². The number of benzene rings is 2. The van der Waals surface area contributed by atoms with Crippen LogP contribution in [0, 0.1) is 14.3 Å².